The largest absolute Gasteiger partial charge is 0.340 e. The number of nitrogens with one attached hydrogen (secondary N) is 2. The third-order valence-electron chi connectivity index (χ3n) is 4.31. The average molecular weight is 419 g/mol. The summed E-state index contributed by atoms with van der Waals surface area (Å²) in [5.41, 5.74) is 3.30. The second-order valence-corrected chi connectivity index (χ2v) is 6.85. The van der Waals surface area contributed by atoms with Crippen LogP contribution in [0.5, 0.6) is 0 Å². The van der Waals surface area contributed by atoms with E-state index in [1.54, 1.807) is 18.2 Å². The number of carbonyl (C=O) groups excluding carboxylic acids is 1. The highest BCUT2D eigenvalue weighted by molar-refractivity contribution is 6.31. The van der Waals surface area contributed by atoms with Gasteiger partial charge in [-0.25, -0.2) is 14.4 Å². The Morgan fingerprint density at radius 2 is 1.70 bits per heavy atom. The highest BCUT2D eigenvalue weighted by atomic mass is 35.5. The van der Waals surface area contributed by atoms with E-state index in [2.05, 4.69) is 20.6 Å². The van der Waals surface area contributed by atoms with E-state index in [-0.39, 0.29) is 10.9 Å². The number of amides is 1. The van der Waals surface area contributed by atoms with E-state index < -0.39 is 5.82 Å². The summed E-state index contributed by atoms with van der Waals surface area (Å²) in [7, 11) is 0. The number of carbonyl (C=O) groups is 1. The zero-order valence-corrected chi connectivity index (χ0v) is 16.4. The fraction of sp³-hybridized carbons (Fsp3) is 0. The maximum Gasteiger partial charge on any atom is 0.255 e. The van der Waals surface area contributed by atoms with Gasteiger partial charge in [-0.15, -0.1) is 0 Å². The van der Waals surface area contributed by atoms with Crippen LogP contribution in [0.25, 0.3) is 11.3 Å². The molecule has 0 saturated heterocycles. The molecule has 5 nitrogen and oxygen atoms in total. The summed E-state index contributed by atoms with van der Waals surface area (Å²) >= 11 is 5.77. The molecule has 7 heteroatoms. The molecule has 0 saturated carbocycles. The van der Waals surface area contributed by atoms with Gasteiger partial charge in [-0.3, -0.25) is 4.79 Å². The van der Waals surface area contributed by atoms with Crippen molar-refractivity contribution in [2.24, 2.45) is 0 Å². The Kier molecular flexibility index (Phi) is 5.68. The number of aromatic nitrogens is 2. The van der Waals surface area contributed by atoms with Gasteiger partial charge in [0.15, 0.2) is 0 Å². The lowest BCUT2D eigenvalue weighted by molar-refractivity contribution is 0.102. The van der Waals surface area contributed by atoms with E-state index in [0.29, 0.717) is 22.8 Å². The molecule has 0 bridgehead atoms. The number of nitrogens with zero attached hydrogens (tertiary/aromatic N) is 2. The molecule has 0 aliphatic carbocycles. The Morgan fingerprint density at radius 1 is 0.867 bits per heavy atom. The second-order valence-electron chi connectivity index (χ2n) is 6.44. The highest BCUT2D eigenvalue weighted by Crippen LogP contribution is 2.23. The average Bonchev–Trinajstić information content (AvgIpc) is 2.77. The summed E-state index contributed by atoms with van der Waals surface area (Å²) in [5, 5.41) is 5.84. The summed E-state index contributed by atoms with van der Waals surface area (Å²) in [5.74, 6) is -0.277. The lowest BCUT2D eigenvalue weighted by atomic mass is 10.1. The molecule has 0 unspecified atom stereocenters. The van der Waals surface area contributed by atoms with Crippen LogP contribution in [0, 0.1) is 5.82 Å². The normalized spacial score (nSPS) is 10.5. The van der Waals surface area contributed by atoms with Gasteiger partial charge in [-0.05, 0) is 36.4 Å². The van der Waals surface area contributed by atoms with Crippen molar-refractivity contribution in [1.29, 1.82) is 0 Å². The zero-order chi connectivity index (χ0) is 20.9. The third-order valence-corrected chi connectivity index (χ3v) is 4.60. The fourth-order valence-electron chi connectivity index (χ4n) is 2.86. The van der Waals surface area contributed by atoms with E-state index >= 15 is 0 Å². The van der Waals surface area contributed by atoms with Crippen LogP contribution in [0.4, 0.5) is 21.6 Å². The molecule has 0 aliphatic rings. The predicted octanol–water partition coefficient (Wildman–Crippen LogP) is 5.93. The van der Waals surface area contributed by atoms with Crippen molar-refractivity contribution in [3.8, 4) is 11.3 Å². The number of halogens is 2. The predicted molar refractivity (Wildman–Crippen MR) is 117 cm³/mol. The second kappa shape index (κ2) is 8.71. The Hall–Kier alpha value is -3.77. The number of hydrogen-bond acceptors (Lipinski definition) is 4. The van der Waals surface area contributed by atoms with Crippen LogP contribution in [-0.4, -0.2) is 15.9 Å². The number of anilines is 3. The minimum atomic E-state index is -0.541. The first kappa shape index (κ1) is 19.5. The first-order valence-corrected chi connectivity index (χ1v) is 9.47. The zero-order valence-electron chi connectivity index (χ0n) is 15.6. The van der Waals surface area contributed by atoms with E-state index in [1.165, 1.54) is 24.5 Å². The summed E-state index contributed by atoms with van der Waals surface area (Å²) < 4.78 is 13.3. The number of benzene rings is 3. The lowest BCUT2D eigenvalue weighted by Crippen LogP contribution is -2.12. The molecule has 1 amide bonds. The van der Waals surface area contributed by atoms with Crippen molar-refractivity contribution in [3.63, 3.8) is 0 Å². The van der Waals surface area contributed by atoms with Crippen molar-refractivity contribution in [2.75, 3.05) is 10.6 Å². The van der Waals surface area contributed by atoms with Crippen molar-refractivity contribution in [2.45, 2.75) is 0 Å². The molecule has 1 heterocycles. The maximum absolute atomic E-state index is 13.3. The molecule has 0 spiro atoms. The van der Waals surface area contributed by atoms with E-state index in [9.17, 15) is 9.18 Å². The van der Waals surface area contributed by atoms with Crippen LogP contribution >= 0.6 is 11.6 Å². The van der Waals surface area contributed by atoms with Gasteiger partial charge in [0, 0.05) is 28.6 Å². The molecule has 0 radical (unpaired) electrons. The fourth-order valence-corrected chi connectivity index (χ4v) is 3.04. The van der Waals surface area contributed by atoms with Gasteiger partial charge in [-0.1, -0.05) is 48.0 Å². The van der Waals surface area contributed by atoms with Crippen LogP contribution in [0.1, 0.15) is 10.4 Å². The summed E-state index contributed by atoms with van der Waals surface area (Å²) in [6, 6.07) is 22.6. The lowest BCUT2D eigenvalue weighted by Gasteiger charge is -2.10. The molecule has 30 heavy (non-hydrogen) atoms. The van der Waals surface area contributed by atoms with E-state index in [4.69, 9.17) is 11.6 Å². The molecular weight excluding hydrogens is 403 g/mol. The van der Waals surface area contributed by atoms with Crippen LogP contribution in [0.3, 0.4) is 0 Å². The number of hydrogen-bond donors (Lipinski definition) is 2. The molecular formula is C23H16ClFN4O. The van der Waals surface area contributed by atoms with Crippen LogP contribution in [0.15, 0.2) is 85.2 Å². The first-order chi connectivity index (χ1) is 14.6. The molecule has 0 aliphatic heterocycles. The monoisotopic (exact) mass is 418 g/mol. The minimum absolute atomic E-state index is 0.0544. The first-order valence-electron chi connectivity index (χ1n) is 9.09. The molecule has 0 atom stereocenters. The molecule has 0 fully saturated rings. The highest BCUT2D eigenvalue weighted by Gasteiger charge is 2.09. The molecule has 4 rings (SSSR count). The smallest absolute Gasteiger partial charge is 0.255 e. The Labute approximate surface area is 177 Å². The molecule has 2 N–H and O–H groups in total. The van der Waals surface area contributed by atoms with E-state index in [1.807, 2.05) is 42.5 Å². The van der Waals surface area contributed by atoms with E-state index in [0.717, 1.165) is 11.3 Å². The van der Waals surface area contributed by atoms with Crippen molar-refractivity contribution >= 4 is 34.7 Å². The Balaban J connectivity index is 1.51. The van der Waals surface area contributed by atoms with Crippen molar-refractivity contribution in [3.05, 3.63) is 102 Å². The van der Waals surface area contributed by atoms with Gasteiger partial charge in [0.05, 0.1) is 10.7 Å². The van der Waals surface area contributed by atoms with Crippen LogP contribution < -0.4 is 10.6 Å². The van der Waals surface area contributed by atoms with Gasteiger partial charge in [0.25, 0.3) is 5.91 Å². The summed E-state index contributed by atoms with van der Waals surface area (Å²) in [4.78, 5) is 21.1. The third kappa shape index (κ3) is 4.61. The van der Waals surface area contributed by atoms with Gasteiger partial charge >= 0.3 is 0 Å². The van der Waals surface area contributed by atoms with Crippen LogP contribution in [-0.2, 0) is 0 Å². The SMILES string of the molecule is O=C(Nc1ccc(F)c(Cl)c1)c1cccc(Nc2cc(-c3ccccc3)ncn2)c1. The molecule has 1 aromatic heterocycles. The standard InChI is InChI=1S/C23H16ClFN4O/c24-19-12-18(9-10-20(19)25)29-23(30)16-7-4-8-17(11-16)28-22-13-21(26-14-27-22)15-5-2-1-3-6-15/h1-14H,(H,29,30)(H,26,27,28). The van der Waals surface area contributed by atoms with Crippen molar-refractivity contribution in [1.82, 2.24) is 9.97 Å². The molecule has 148 valence electrons. The number of rotatable bonds is 5. The summed E-state index contributed by atoms with van der Waals surface area (Å²) in [6.45, 7) is 0. The van der Waals surface area contributed by atoms with Gasteiger partial charge in [0.2, 0.25) is 0 Å². The quantitative estimate of drug-likeness (QED) is 0.421. The molecule has 3 aromatic carbocycles. The van der Waals surface area contributed by atoms with Crippen LogP contribution in [0.2, 0.25) is 5.02 Å². The van der Waals surface area contributed by atoms with Gasteiger partial charge < -0.3 is 10.6 Å². The molecule has 4 aromatic rings. The van der Waals surface area contributed by atoms with Crippen molar-refractivity contribution < 1.29 is 9.18 Å². The Bertz CT molecular complexity index is 1200. The topological polar surface area (TPSA) is 66.9 Å². The minimum Gasteiger partial charge on any atom is -0.340 e. The maximum atomic E-state index is 13.3. The summed E-state index contributed by atoms with van der Waals surface area (Å²) in [6.07, 6.45) is 1.49. The Morgan fingerprint density at radius 3 is 2.50 bits per heavy atom. The van der Waals surface area contributed by atoms with Gasteiger partial charge in [-0.2, -0.15) is 0 Å². The van der Waals surface area contributed by atoms with Gasteiger partial charge in [0.1, 0.15) is 18.0 Å².